The quantitative estimate of drug-likeness (QED) is 0.399. The topological polar surface area (TPSA) is 9.23 Å². The number of alkyl halides is 1. The first-order valence-corrected chi connectivity index (χ1v) is 8.35. The number of halogens is 4. The third-order valence-electron chi connectivity index (χ3n) is 2.79. The molecule has 0 saturated carbocycles. The van der Waals surface area contributed by atoms with E-state index in [1.165, 1.54) is 12.1 Å². The first-order valence-electron chi connectivity index (χ1n) is 6.04. The van der Waals surface area contributed by atoms with E-state index >= 15 is 0 Å². The van der Waals surface area contributed by atoms with Gasteiger partial charge >= 0.3 is 0 Å². The molecule has 1 nitrogen and oxygen atoms in total. The third-order valence-corrected chi connectivity index (χ3v) is 4.88. The van der Waals surface area contributed by atoms with E-state index in [0.29, 0.717) is 6.61 Å². The Labute approximate surface area is 144 Å². The summed E-state index contributed by atoms with van der Waals surface area (Å²) in [7, 11) is 0. The SMILES string of the molecule is CCOc1ccc(C(Cl)c2ccc(F)cc2I)c(Br)c1. The van der Waals surface area contributed by atoms with Gasteiger partial charge in [0, 0.05) is 8.04 Å². The average Bonchev–Trinajstić information content (AvgIpc) is 2.38. The van der Waals surface area contributed by atoms with Crippen molar-refractivity contribution in [3.63, 3.8) is 0 Å². The monoisotopic (exact) mass is 468 g/mol. The summed E-state index contributed by atoms with van der Waals surface area (Å²) in [6, 6.07) is 10.3. The molecule has 0 spiro atoms. The molecule has 0 N–H and O–H groups in total. The fraction of sp³-hybridized carbons (Fsp3) is 0.200. The first-order chi connectivity index (χ1) is 9.52. The summed E-state index contributed by atoms with van der Waals surface area (Å²) in [5, 5.41) is -0.340. The van der Waals surface area contributed by atoms with Crippen LogP contribution in [0.1, 0.15) is 23.4 Å². The Morgan fingerprint density at radius 1 is 1.25 bits per heavy atom. The summed E-state index contributed by atoms with van der Waals surface area (Å²) in [5.41, 5.74) is 1.82. The lowest BCUT2D eigenvalue weighted by atomic mass is 10.0. The van der Waals surface area contributed by atoms with Crippen molar-refractivity contribution in [3.8, 4) is 5.75 Å². The summed E-state index contributed by atoms with van der Waals surface area (Å²) in [4.78, 5) is 0. The molecule has 0 aromatic heterocycles. The van der Waals surface area contributed by atoms with E-state index in [1.54, 1.807) is 6.07 Å². The molecule has 0 heterocycles. The maximum absolute atomic E-state index is 13.2. The normalized spacial score (nSPS) is 12.2. The van der Waals surface area contributed by atoms with Crippen molar-refractivity contribution in [2.45, 2.75) is 12.3 Å². The van der Waals surface area contributed by atoms with Crippen LogP contribution in [0.2, 0.25) is 0 Å². The first kappa shape index (κ1) is 16.0. The number of rotatable bonds is 4. The summed E-state index contributed by atoms with van der Waals surface area (Å²) in [6.45, 7) is 2.55. The van der Waals surface area contributed by atoms with Gasteiger partial charge < -0.3 is 4.74 Å². The largest absolute Gasteiger partial charge is 0.494 e. The van der Waals surface area contributed by atoms with Gasteiger partial charge in [0.1, 0.15) is 11.6 Å². The van der Waals surface area contributed by atoms with Crippen LogP contribution in [0, 0.1) is 9.39 Å². The summed E-state index contributed by atoms with van der Waals surface area (Å²) in [5.74, 6) is 0.536. The lowest BCUT2D eigenvalue weighted by molar-refractivity contribution is 0.340. The Bertz CT molecular complexity index is 621. The van der Waals surface area contributed by atoms with Crippen LogP contribution >= 0.6 is 50.1 Å². The Morgan fingerprint density at radius 3 is 2.55 bits per heavy atom. The molecule has 0 bridgehead atoms. The second-order valence-corrected chi connectivity index (χ2v) is 6.60. The van der Waals surface area contributed by atoms with Crippen LogP contribution in [0.4, 0.5) is 4.39 Å². The van der Waals surface area contributed by atoms with E-state index in [-0.39, 0.29) is 11.2 Å². The molecule has 5 heteroatoms. The molecule has 1 atom stereocenters. The molecule has 20 heavy (non-hydrogen) atoms. The van der Waals surface area contributed by atoms with E-state index in [4.69, 9.17) is 16.3 Å². The molecule has 0 radical (unpaired) electrons. The van der Waals surface area contributed by atoms with Gasteiger partial charge in [0.2, 0.25) is 0 Å². The molecule has 0 aliphatic heterocycles. The van der Waals surface area contributed by atoms with E-state index in [9.17, 15) is 4.39 Å². The van der Waals surface area contributed by atoms with Gasteiger partial charge in [0.15, 0.2) is 0 Å². The molecule has 0 amide bonds. The van der Waals surface area contributed by atoms with E-state index < -0.39 is 0 Å². The molecule has 0 aliphatic rings. The standard InChI is InChI=1S/C15H12BrClFIO/c1-2-20-10-4-6-11(13(16)8-10)15(17)12-5-3-9(18)7-14(12)19/h3-8,15H,2H2,1H3. The second-order valence-electron chi connectivity index (χ2n) is 4.14. The molecule has 106 valence electrons. The van der Waals surface area contributed by atoms with E-state index in [0.717, 1.165) is 24.9 Å². The van der Waals surface area contributed by atoms with Crippen molar-refractivity contribution in [2.24, 2.45) is 0 Å². The Kier molecular flexibility index (Phi) is 5.69. The highest BCUT2D eigenvalue weighted by molar-refractivity contribution is 14.1. The Hall–Kier alpha value is -0.330. The van der Waals surface area contributed by atoms with Crippen LogP contribution in [0.25, 0.3) is 0 Å². The van der Waals surface area contributed by atoms with Crippen molar-refractivity contribution >= 4 is 50.1 Å². The fourth-order valence-corrected chi connectivity index (χ4v) is 3.92. The zero-order valence-corrected chi connectivity index (χ0v) is 15.2. The Morgan fingerprint density at radius 2 is 1.95 bits per heavy atom. The van der Waals surface area contributed by atoms with Gasteiger partial charge in [-0.2, -0.15) is 0 Å². The van der Waals surface area contributed by atoms with Crippen LogP contribution in [0.15, 0.2) is 40.9 Å². The molecule has 1 unspecified atom stereocenters. The predicted octanol–water partition coefficient (Wildman–Crippen LogP) is 5.92. The molecule has 2 aromatic carbocycles. The number of hydrogen-bond acceptors (Lipinski definition) is 1. The minimum absolute atomic E-state index is 0.257. The molecule has 2 aromatic rings. The number of hydrogen-bond donors (Lipinski definition) is 0. The van der Waals surface area contributed by atoms with Crippen LogP contribution in [-0.4, -0.2) is 6.61 Å². The van der Waals surface area contributed by atoms with Gasteiger partial charge in [-0.25, -0.2) is 4.39 Å². The second kappa shape index (κ2) is 7.09. The molecule has 0 saturated heterocycles. The minimum Gasteiger partial charge on any atom is -0.494 e. The van der Waals surface area contributed by atoms with Crippen molar-refractivity contribution in [3.05, 3.63) is 61.4 Å². The lowest BCUT2D eigenvalue weighted by Gasteiger charge is -2.15. The fourth-order valence-electron chi connectivity index (χ4n) is 1.84. The minimum atomic E-state index is -0.340. The van der Waals surface area contributed by atoms with E-state index in [2.05, 4.69) is 38.5 Å². The molecule has 0 aliphatic carbocycles. The van der Waals surface area contributed by atoms with Crippen molar-refractivity contribution < 1.29 is 9.13 Å². The zero-order chi connectivity index (χ0) is 14.7. The molecular formula is C15H12BrClFIO. The molecule has 0 fully saturated rings. The van der Waals surface area contributed by atoms with Gasteiger partial charge in [0.25, 0.3) is 0 Å². The zero-order valence-electron chi connectivity index (χ0n) is 10.7. The average molecular weight is 470 g/mol. The Balaban J connectivity index is 2.35. The van der Waals surface area contributed by atoms with Gasteiger partial charge in [-0.05, 0) is 64.9 Å². The highest BCUT2D eigenvalue weighted by Gasteiger charge is 2.17. The summed E-state index contributed by atoms with van der Waals surface area (Å²) in [6.07, 6.45) is 0. The van der Waals surface area contributed by atoms with Crippen LogP contribution < -0.4 is 4.74 Å². The molecular weight excluding hydrogens is 457 g/mol. The maximum Gasteiger partial charge on any atom is 0.124 e. The summed E-state index contributed by atoms with van der Waals surface area (Å²) >= 11 is 12.1. The molecule has 2 rings (SSSR count). The maximum atomic E-state index is 13.2. The predicted molar refractivity (Wildman–Crippen MR) is 92.1 cm³/mol. The van der Waals surface area contributed by atoms with Crippen LogP contribution in [0.3, 0.4) is 0 Å². The van der Waals surface area contributed by atoms with Crippen molar-refractivity contribution in [1.29, 1.82) is 0 Å². The van der Waals surface area contributed by atoms with Crippen LogP contribution in [0.5, 0.6) is 5.75 Å². The number of benzene rings is 2. The van der Waals surface area contributed by atoms with Crippen LogP contribution in [-0.2, 0) is 0 Å². The van der Waals surface area contributed by atoms with Gasteiger partial charge in [-0.15, -0.1) is 11.6 Å². The third kappa shape index (κ3) is 3.65. The smallest absolute Gasteiger partial charge is 0.124 e. The van der Waals surface area contributed by atoms with E-state index in [1.807, 2.05) is 25.1 Å². The highest BCUT2D eigenvalue weighted by atomic mass is 127. The van der Waals surface area contributed by atoms with Crippen molar-refractivity contribution in [1.82, 2.24) is 0 Å². The van der Waals surface area contributed by atoms with Gasteiger partial charge in [0.05, 0.1) is 12.0 Å². The van der Waals surface area contributed by atoms with Gasteiger partial charge in [-0.3, -0.25) is 0 Å². The lowest BCUT2D eigenvalue weighted by Crippen LogP contribution is -1.99. The highest BCUT2D eigenvalue weighted by Crippen LogP contribution is 2.37. The number of ether oxygens (including phenoxy) is 1. The van der Waals surface area contributed by atoms with Gasteiger partial charge in [-0.1, -0.05) is 28.1 Å². The van der Waals surface area contributed by atoms with Crippen molar-refractivity contribution in [2.75, 3.05) is 6.61 Å². The summed E-state index contributed by atoms with van der Waals surface area (Å²) < 4.78 is 20.3.